The van der Waals surface area contributed by atoms with E-state index in [1.807, 2.05) is 6.92 Å². The minimum Gasteiger partial charge on any atom is -0.495 e. The summed E-state index contributed by atoms with van der Waals surface area (Å²) in [6.07, 6.45) is 0. The molecule has 27 heavy (non-hydrogen) atoms. The van der Waals surface area contributed by atoms with E-state index >= 15 is 0 Å². The van der Waals surface area contributed by atoms with Crippen molar-refractivity contribution < 1.29 is 19.2 Å². The smallest absolute Gasteiger partial charge is 0.270 e. The first-order valence-electron chi connectivity index (χ1n) is 7.73. The van der Waals surface area contributed by atoms with Gasteiger partial charge in [-0.15, -0.1) is 0 Å². The summed E-state index contributed by atoms with van der Waals surface area (Å²) in [6.45, 7) is 1.67. The first kappa shape index (κ1) is 20.0. The second-order valence-electron chi connectivity index (χ2n) is 5.46. The molecule has 0 aliphatic rings. The van der Waals surface area contributed by atoms with Crippen LogP contribution in [0.3, 0.4) is 0 Å². The van der Waals surface area contributed by atoms with E-state index in [0.717, 1.165) is 11.6 Å². The van der Waals surface area contributed by atoms with Gasteiger partial charge in [0.25, 0.3) is 17.5 Å². The number of non-ortho nitro benzene ring substituents is 1. The monoisotopic (exact) mass is 392 g/mol. The maximum atomic E-state index is 12.0. The average molecular weight is 393 g/mol. The lowest BCUT2D eigenvalue weighted by molar-refractivity contribution is -0.384. The number of hydrogen-bond donors (Lipinski definition) is 3. The van der Waals surface area contributed by atoms with E-state index in [1.54, 1.807) is 12.1 Å². The minimum atomic E-state index is -0.674. The zero-order valence-corrected chi connectivity index (χ0v) is 15.3. The predicted molar refractivity (Wildman–Crippen MR) is 99.9 cm³/mol. The van der Waals surface area contributed by atoms with Crippen molar-refractivity contribution in [3.8, 4) is 5.75 Å². The van der Waals surface area contributed by atoms with Crippen molar-refractivity contribution in [1.29, 1.82) is 0 Å². The van der Waals surface area contributed by atoms with Crippen LogP contribution in [0.2, 0.25) is 5.02 Å². The molecule has 0 heterocycles. The normalized spacial score (nSPS) is 10.0. The van der Waals surface area contributed by atoms with Crippen LogP contribution < -0.4 is 20.9 Å². The van der Waals surface area contributed by atoms with Gasteiger partial charge in [-0.3, -0.25) is 30.6 Å². The molecular weight excluding hydrogens is 376 g/mol. The van der Waals surface area contributed by atoms with Crippen molar-refractivity contribution in [2.45, 2.75) is 6.92 Å². The topological polar surface area (TPSA) is 123 Å². The molecule has 2 rings (SSSR count). The molecule has 0 fully saturated rings. The fourth-order valence-electron chi connectivity index (χ4n) is 2.15. The summed E-state index contributed by atoms with van der Waals surface area (Å²) in [5, 5.41) is 14.2. The Kier molecular flexibility index (Phi) is 6.56. The Morgan fingerprint density at radius 1 is 1.22 bits per heavy atom. The van der Waals surface area contributed by atoms with Crippen LogP contribution in [0.25, 0.3) is 0 Å². The lowest BCUT2D eigenvalue weighted by Gasteiger charge is -2.13. The lowest BCUT2D eigenvalue weighted by atomic mass is 10.2. The van der Waals surface area contributed by atoms with E-state index in [1.165, 1.54) is 25.3 Å². The number of rotatable bonds is 6. The van der Waals surface area contributed by atoms with Crippen molar-refractivity contribution in [2.24, 2.45) is 0 Å². The third-order valence-corrected chi connectivity index (χ3v) is 3.96. The zero-order valence-electron chi connectivity index (χ0n) is 14.5. The third-order valence-electron chi connectivity index (χ3n) is 3.55. The SMILES string of the molecule is COc1cc(Cl)c(C)cc1NCC(=O)NNC(=O)c1cccc([N+](=O)[O-])c1. The third kappa shape index (κ3) is 5.32. The molecule has 0 aliphatic heterocycles. The summed E-state index contributed by atoms with van der Waals surface area (Å²) in [5.74, 6) is -0.727. The molecule has 10 heteroatoms. The van der Waals surface area contributed by atoms with Gasteiger partial charge in [0.1, 0.15) is 5.75 Å². The van der Waals surface area contributed by atoms with Crippen molar-refractivity contribution in [1.82, 2.24) is 10.9 Å². The molecule has 9 nitrogen and oxygen atoms in total. The van der Waals surface area contributed by atoms with Crippen LogP contribution in [0.15, 0.2) is 36.4 Å². The predicted octanol–water partition coefficient (Wildman–Crippen LogP) is 2.44. The van der Waals surface area contributed by atoms with Gasteiger partial charge in [0.05, 0.1) is 24.3 Å². The molecule has 0 atom stereocenters. The van der Waals surface area contributed by atoms with Crippen LogP contribution in [0, 0.1) is 17.0 Å². The van der Waals surface area contributed by atoms with E-state index in [-0.39, 0.29) is 17.8 Å². The molecule has 0 radical (unpaired) electrons. The number of nitrogens with zero attached hydrogens (tertiary/aromatic N) is 1. The van der Waals surface area contributed by atoms with Gasteiger partial charge in [0.2, 0.25) is 0 Å². The molecule has 142 valence electrons. The van der Waals surface area contributed by atoms with Crippen LogP contribution in [0.5, 0.6) is 5.75 Å². The van der Waals surface area contributed by atoms with Gasteiger partial charge in [0, 0.05) is 28.8 Å². The molecule has 2 aromatic rings. The summed E-state index contributed by atoms with van der Waals surface area (Å²) in [4.78, 5) is 34.0. The van der Waals surface area contributed by atoms with E-state index in [9.17, 15) is 19.7 Å². The van der Waals surface area contributed by atoms with Crippen LogP contribution in [0.4, 0.5) is 11.4 Å². The molecule has 0 aromatic heterocycles. The first-order chi connectivity index (χ1) is 12.8. The fourth-order valence-corrected chi connectivity index (χ4v) is 2.30. The number of carbonyl (C=O) groups is 2. The number of amides is 2. The van der Waals surface area contributed by atoms with Gasteiger partial charge in [-0.2, -0.15) is 0 Å². The molecular formula is C17H17ClN4O5. The van der Waals surface area contributed by atoms with Crippen LogP contribution >= 0.6 is 11.6 Å². The highest BCUT2D eigenvalue weighted by Crippen LogP contribution is 2.30. The number of nitrogens with one attached hydrogen (secondary N) is 3. The standard InChI is InChI=1S/C17H17ClN4O5/c1-10-6-14(15(27-2)8-13(10)18)19-9-16(23)20-21-17(24)11-4-3-5-12(7-11)22(25)26/h3-8,19H,9H2,1-2H3,(H,20,23)(H,21,24). The summed E-state index contributed by atoms with van der Waals surface area (Å²) in [5.41, 5.74) is 5.62. The van der Waals surface area contributed by atoms with Crippen LogP contribution in [-0.4, -0.2) is 30.4 Å². The number of halogens is 1. The quantitative estimate of drug-likeness (QED) is 0.512. The van der Waals surface area contributed by atoms with Crippen molar-refractivity contribution >= 4 is 34.8 Å². The molecule has 0 saturated carbocycles. The van der Waals surface area contributed by atoms with E-state index in [2.05, 4.69) is 16.2 Å². The first-order valence-corrected chi connectivity index (χ1v) is 8.11. The van der Waals surface area contributed by atoms with Gasteiger partial charge in [0.15, 0.2) is 0 Å². The summed E-state index contributed by atoms with van der Waals surface area (Å²) >= 11 is 6.02. The average Bonchev–Trinajstić information content (AvgIpc) is 2.66. The van der Waals surface area contributed by atoms with E-state index in [4.69, 9.17) is 16.3 Å². The maximum absolute atomic E-state index is 12.0. The highest BCUT2D eigenvalue weighted by atomic mass is 35.5. The second-order valence-corrected chi connectivity index (χ2v) is 5.87. The highest BCUT2D eigenvalue weighted by Gasteiger charge is 2.13. The molecule has 2 amide bonds. The van der Waals surface area contributed by atoms with Gasteiger partial charge in [-0.05, 0) is 24.6 Å². The van der Waals surface area contributed by atoms with Crippen LogP contribution in [-0.2, 0) is 4.79 Å². The summed E-state index contributed by atoms with van der Waals surface area (Å²) < 4.78 is 5.20. The van der Waals surface area contributed by atoms with Crippen LogP contribution in [0.1, 0.15) is 15.9 Å². The number of methoxy groups -OCH3 is 1. The Morgan fingerprint density at radius 2 is 1.96 bits per heavy atom. The molecule has 0 bridgehead atoms. The number of benzene rings is 2. The Morgan fingerprint density at radius 3 is 2.63 bits per heavy atom. The Balaban J connectivity index is 1.91. The number of nitro benzene ring substituents is 1. The number of hydrazine groups is 1. The number of aryl methyl sites for hydroxylation is 1. The fraction of sp³-hybridized carbons (Fsp3) is 0.176. The summed E-state index contributed by atoms with van der Waals surface area (Å²) in [6, 6.07) is 8.51. The second kappa shape index (κ2) is 8.86. The van der Waals surface area contributed by atoms with E-state index < -0.39 is 16.7 Å². The maximum Gasteiger partial charge on any atom is 0.270 e. The molecule has 0 spiro atoms. The van der Waals surface area contributed by atoms with Gasteiger partial charge < -0.3 is 10.1 Å². The Labute approximate surface area is 159 Å². The Hall–Kier alpha value is -3.33. The number of hydrogen-bond acceptors (Lipinski definition) is 6. The van der Waals surface area contributed by atoms with Crippen molar-refractivity contribution in [2.75, 3.05) is 19.0 Å². The van der Waals surface area contributed by atoms with E-state index in [0.29, 0.717) is 16.5 Å². The molecule has 2 aromatic carbocycles. The van der Waals surface area contributed by atoms with Crippen molar-refractivity contribution in [3.05, 3.63) is 62.7 Å². The molecule has 0 saturated heterocycles. The minimum absolute atomic E-state index is 0.0486. The van der Waals surface area contributed by atoms with Gasteiger partial charge >= 0.3 is 0 Å². The number of carbonyl (C=O) groups excluding carboxylic acids is 2. The number of nitro groups is 1. The molecule has 0 aliphatic carbocycles. The lowest BCUT2D eigenvalue weighted by Crippen LogP contribution is -2.44. The highest BCUT2D eigenvalue weighted by molar-refractivity contribution is 6.31. The van der Waals surface area contributed by atoms with Gasteiger partial charge in [-0.25, -0.2) is 0 Å². The number of ether oxygens (including phenoxy) is 1. The van der Waals surface area contributed by atoms with Gasteiger partial charge in [-0.1, -0.05) is 17.7 Å². The summed E-state index contributed by atoms with van der Waals surface area (Å²) in [7, 11) is 1.48. The Bertz CT molecular complexity index is 888. The molecule has 0 unspecified atom stereocenters. The van der Waals surface area contributed by atoms with Crippen molar-refractivity contribution in [3.63, 3.8) is 0 Å². The largest absolute Gasteiger partial charge is 0.495 e. The molecule has 3 N–H and O–H groups in total. The number of anilines is 1. The zero-order chi connectivity index (χ0) is 20.0.